The van der Waals surface area contributed by atoms with Crippen molar-refractivity contribution in [3.63, 3.8) is 0 Å². The lowest BCUT2D eigenvalue weighted by Gasteiger charge is -2.23. The molecule has 0 N–H and O–H groups in total. The Bertz CT molecular complexity index is 348. The highest BCUT2D eigenvalue weighted by Crippen LogP contribution is 2.28. The summed E-state index contributed by atoms with van der Waals surface area (Å²) in [4.78, 5) is 0. The highest BCUT2D eigenvalue weighted by atomic mass is 16.7. The summed E-state index contributed by atoms with van der Waals surface area (Å²) in [6.45, 7) is 7.58. The lowest BCUT2D eigenvalue weighted by Crippen LogP contribution is -2.16. The molecule has 0 bridgehead atoms. The van der Waals surface area contributed by atoms with Crippen molar-refractivity contribution in [1.29, 1.82) is 0 Å². The summed E-state index contributed by atoms with van der Waals surface area (Å²) in [5, 5.41) is 0. The van der Waals surface area contributed by atoms with E-state index in [9.17, 15) is 0 Å². The maximum atomic E-state index is 5.75. The first-order valence-corrected chi connectivity index (χ1v) is 6.50. The quantitative estimate of drug-likeness (QED) is 0.787. The monoisotopic (exact) mass is 234 g/mol. The molecule has 2 heteroatoms. The Morgan fingerprint density at radius 2 is 2.00 bits per heavy atom. The molecule has 0 saturated carbocycles. The highest BCUT2D eigenvalue weighted by molar-refractivity contribution is 5.31. The molecule has 17 heavy (non-hydrogen) atoms. The van der Waals surface area contributed by atoms with Crippen LogP contribution in [0, 0.1) is 0 Å². The molecule has 1 saturated heterocycles. The van der Waals surface area contributed by atoms with Gasteiger partial charge >= 0.3 is 0 Å². The van der Waals surface area contributed by atoms with E-state index >= 15 is 0 Å². The summed E-state index contributed by atoms with van der Waals surface area (Å²) in [7, 11) is 0. The Morgan fingerprint density at radius 1 is 1.29 bits per heavy atom. The summed E-state index contributed by atoms with van der Waals surface area (Å²) in [6.07, 6.45) is 3.20. The van der Waals surface area contributed by atoms with Crippen LogP contribution in [-0.4, -0.2) is 12.9 Å². The highest BCUT2D eigenvalue weighted by Gasteiger charge is 2.19. The van der Waals surface area contributed by atoms with Crippen molar-refractivity contribution in [3.05, 3.63) is 29.8 Å². The average molecular weight is 234 g/mol. The van der Waals surface area contributed by atoms with E-state index in [0.717, 1.165) is 31.6 Å². The van der Waals surface area contributed by atoms with Crippen LogP contribution in [0.4, 0.5) is 0 Å². The topological polar surface area (TPSA) is 18.5 Å². The zero-order chi connectivity index (χ0) is 12.3. The minimum absolute atomic E-state index is 0.0416. The summed E-state index contributed by atoms with van der Waals surface area (Å²) >= 11 is 0. The van der Waals surface area contributed by atoms with E-state index in [1.165, 1.54) is 5.56 Å². The summed E-state index contributed by atoms with van der Waals surface area (Å²) in [5.74, 6) is 0.910. The molecule has 1 unspecified atom stereocenters. The van der Waals surface area contributed by atoms with Crippen LogP contribution in [-0.2, 0) is 10.2 Å². The van der Waals surface area contributed by atoms with Crippen molar-refractivity contribution >= 4 is 0 Å². The van der Waals surface area contributed by atoms with E-state index < -0.39 is 0 Å². The van der Waals surface area contributed by atoms with E-state index in [2.05, 4.69) is 45.0 Å². The molecule has 1 fully saturated rings. The molecule has 1 aromatic carbocycles. The summed E-state index contributed by atoms with van der Waals surface area (Å²) < 4.78 is 11.2. The fraction of sp³-hybridized carbons (Fsp3) is 0.600. The van der Waals surface area contributed by atoms with Gasteiger partial charge in [-0.15, -0.1) is 0 Å². The van der Waals surface area contributed by atoms with Gasteiger partial charge in [0.15, 0.2) is 6.29 Å². The largest absolute Gasteiger partial charge is 0.465 e. The maximum absolute atomic E-state index is 5.75. The molecule has 0 spiro atoms. The molecule has 1 atom stereocenters. The Kier molecular flexibility index (Phi) is 3.72. The van der Waals surface area contributed by atoms with Crippen molar-refractivity contribution in [2.45, 2.75) is 51.7 Å². The molecule has 0 aliphatic carbocycles. The lowest BCUT2D eigenvalue weighted by atomic mass is 9.82. The zero-order valence-corrected chi connectivity index (χ0v) is 11.0. The Hall–Kier alpha value is -1.02. The SMILES string of the molecule is CCC(C)(C)c1ccc(OC2CCCO2)cc1. The fourth-order valence-electron chi connectivity index (χ4n) is 1.98. The van der Waals surface area contributed by atoms with Gasteiger partial charge in [0, 0.05) is 6.42 Å². The van der Waals surface area contributed by atoms with Crippen LogP contribution in [0.1, 0.15) is 45.6 Å². The van der Waals surface area contributed by atoms with Gasteiger partial charge in [-0.3, -0.25) is 0 Å². The molecule has 1 aromatic rings. The van der Waals surface area contributed by atoms with Gasteiger partial charge in [0.05, 0.1) is 6.61 Å². The number of benzene rings is 1. The first-order valence-electron chi connectivity index (χ1n) is 6.50. The average Bonchev–Trinajstić information content (AvgIpc) is 2.83. The molecular formula is C15H22O2. The molecule has 0 radical (unpaired) electrons. The Labute approximate surface area is 104 Å². The Balaban J connectivity index is 2.02. The third-order valence-corrected chi connectivity index (χ3v) is 3.68. The molecule has 2 rings (SSSR count). The Morgan fingerprint density at radius 3 is 2.53 bits per heavy atom. The van der Waals surface area contributed by atoms with Crippen molar-refractivity contribution in [2.75, 3.05) is 6.61 Å². The maximum Gasteiger partial charge on any atom is 0.199 e. The van der Waals surface area contributed by atoms with Gasteiger partial charge in [-0.05, 0) is 36.0 Å². The minimum atomic E-state index is -0.0416. The number of rotatable bonds is 4. The zero-order valence-electron chi connectivity index (χ0n) is 11.0. The first kappa shape index (κ1) is 12.4. The molecule has 1 aliphatic rings. The van der Waals surface area contributed by atoms with E-state index in [4.69, 9.17) is 9.47 Å². The van der Waals surface area contributed by atoms with Crippen LogP contribution in [0.15, 0.2) is 24.3 Å². The number of hydrogen-bond donors (Lipinski definition) is 0. The van der Waals surface area contributed by atoms with Crippen molar-refractivity contribution < 1.29 is 9.47 Å². The smallest absolute Gasteiger partial charge is 0.199 e. The third kappa shape index (κ3) is 3.01. The van der Waals surface area contributed by atoms with Crippen molar-refractivity contribution in [3.8, 4) is 5.75 Å². The number of hydrogen-bond acceptors (Lipinski definition) is 2. The van der Waals surface area contributed by atoms with Gasteiger partial charge in [-0.1, -0.05) is 32.9 Å². The number of ether oxygens (including phenoxy) is 2. The van der Waals surface area contributed by atoms with Crippen molar-refractivity contribution in [1.82, 2.24) is 0 Å². The molecule has 1 aliphatic heterocycles. The van der Waals surface area contributed by atoms with Gasteiger partial charge in [0.2, 0.25) is 0 Å². The standard InChI is InChI=1S/C15H22O2/c1-4-15(2,3)12-7-9-13(10-8-12)17-14-6-5-11-16-14/h7-10,14H,4-6,11H2,1-3H3. The van der Waals surface area contributed by atoms with Crippen LogP contribution in [0.3, 0.4) is 0 Å². The van der Waals surface area contributed by atoms with Gasteiger partial charge in [0.25, 0.3) is 0 Å². The predicted octanol–water partition coefficient (Wildman–Crippen LogP) is 3.89. The predicted molar refractivity (Wildman–Crippen MR) is 69.4 cm³/mol. The molecule has 94 valence electrons. The molecule has 1 heterocycles. The van der Waals surface area contributed by atoms with Gasteiger partial charge in [0.1, 0.15) is 5.75 Å². The minimum Gasteiger partial charge on any atom is -0.465 e. The van der Waals surface area contributed by atoms with Crippen LogP contribution in [0.25, 0.3) is 0 Å². The van der Waals surface area contributed by atoms with E-state index in [0.29, 0.717) is 0 Å². The van der Waals surface area contributed by atoms with E-state index in [1.807, 2.05) is 0 Å². The van der Waals surface area contributed by atoms with Gasteiger partial charge in [-0.2, -0.15) is 0 Å². The lowest BCUT2D eigenvalue weighted by molar-refractivity contribution is -0.0390. The van der Waals surface area contributed by atoms with Crippen LogP contribution >= 0.6 is 0 Å². The molecular weight excluding hydrogens is 212 g/mol. The van der Waals surface area contributed by atoms with Crippen molar-refractivity contribution in [2.24, 2.45) is 0 Å². The third-order valence-electron chi connectivity index (χ3n) is 3.68. The van der Waals surface area contributed by atoms with E-state index in [-0.39, 0.29) is 11.7 Å². The normalized spacial score (nSPS) is 20.5. The van der Waals surface area contributed by atoms with Crippen LogP contribution < -0.4 is 4.74 Å². The van der Waals surface area contributed by atoms with Crippen LogP contribution in [0.5, 0.6) is 5.75 Å². The second kappa shape index (κ2) is 5.09. The molecule has 0 aromatic heterocycles. The summed E-state index contributed by atoms with van der Waals surface area (Å²) in [5.41, 5.74) is 1.60. The van der Waals surface area contributed by atoms with E-state index in [1.54, 1.807) is 0 Å². The van der Waals surface area contributed by atoms with Crippen LogP contribution in [0.2, 0.25) is 0 Å². The van der Waals surface area contributed by atoms with Gasteiger partial charge < -0.3 is 9.47 Å². The second-order valence-electron chi connectivity index (χ2n) is 5.32. The second-order valence-corrected chi connectivity index (χ2v) is 5.32. The first-order chi connectivity index (χ1) is 8.12. The van der Waals surface area contributed by atoms with Gasteiger partial charge in [-0.25, -0.2) is 0 Å². The fourth-order valence-corrected chi connectivity index (χ4v) is 1.98. The molecule has 0 amide bonds. The summed E-state index contributed by atoms with van der Waals surface area (Å²) in [6, 6.07) is 8.42. The molecule has 2 nitrogen and oxygen atoms in total.